The molecule has 0 aromatic carbocycles. The van der Waals surface area contributed by atoms with Crippen LogP contribution >= 0.6 is 0 Å². The first-order chi connectivity index (χ1) is 7.60. The summed E-state index contributed by atoms with van der Waals surface area (Å²) in [5.74, 6) is 0.208. The van der Waals surface area contributed by atoms with Crippen molar-refractivity contribution in [1.29, 1.82) is 0 Å². The highest BCUT2D eigenvalue weighted by Crippen LogP contribution is 2.00. The van der Waals surface area contributed by atoms with Gasteiger partial charge in [0.2, 0.25) is 11.8 Å². The fourth-order valence-corrected chi connectivity index (χ4v) is 1.38. The molecule has 0 rings (SSSR count). The van der Waals surface area contributed by atoms with Crippen molar-refractivity contribution in [3.05, 3.63) is 0 Å². The predicted octanol–water partition coefficient (Wildman–Crippen LogP) is 1.60. The summed E-state index contributed by atoms with van der Waals surface area (Å²) in [6.45, 7) is 6.44. The quantitative estimate of drug-likeness (QED) is 0.620. The Labute approximate surface area is 98.2 Å². The molecule has 0 radical (unpaired) electrons. The minimum Gasteiger partial charge on any atom is -0.356 e. The maximum Gasteiger partial charge on any atom is 0.219 e. The lowest BCUT2D eigenvalue weighted by atomic mass is 10.1. The van der Waals surface area contributed by atoms with Crippen molar-refractivity contribution in [1.82, 2.24) is 10.6 Å². The molecule has 0 spiro atoms. The zero-order valence-electron chi connectivity index (χ0n) is 10.6. The fraction of sp³-hybridized carbons (Fsp3) is 0.833. The Bertz CT molecular complexity index is 217. The average molecular weight is 228 g/mol. The molecule has 94 valence electrons. The molecular weight excluding hydrogens is 204 g/mol. The summed E-state index contributed by atoms with van der Waals surface area (Å²) < 4.78 is 0. The van der Waals surface area contributed by atoms with E-state index in [1.807, 2.05) is 20.8 Å². The van der Waals surface area contributed by atoms with Gasteiger partial charge in [0, 0.05) is 25.4 Å². The molecule has 0 fully saturated rings. The third-order valence-electron chi connectivity index (χ3n) is 2.44. The summed E-state index contributed by atoms with van der Waals surface area (Å²) in [7, 11) is 0. The molecule has 0 saturated carbocycles. The Hall–Kier alpha value is -1.06. The minimum absolute atomic E-state index is 0.104. The molecule has 0 aliphatic rings. The molecular formula is C12H24N2O2. The zero-order chi connectivity index (χ0) is 12.4. The van der Waals surface area contributed by atoms with E-state index in [1.165, 1.54) is 0 Å². The van der Waals surface area contributed by atoms with Crippen LogP contribution in [0.5, 0.6) is 0 Å². The lowest BCUT2D eigenvalue weighted by Gasteiger charge is -2.12. The molecule has 1 unspecified atom stereocenters. The van der Waals surface area contributed by atoms with Crippen molar-refractivity contribution in [2.75, 3.05) is 6.54 Å². The van der Waals surface area contributed by atoms with Gasteiger partial charge in [-0.25, -0.2) is 0 Å². The van der Waals surface area contributed by atoms with E-state index in [1.54, 1.807) is 0 Å². The lowest BCUT2D eigenvalue weighted by Crippen LogP contribution is -2.32. The predicted molar refractivity (Wildman–Crippen MR) is 65.0 cm³/mol. The normalized spacial score (nSPS) is 11.9. The van der Waals surface area contributed by atoms with E-state index in [0.717, 1.165) is 25.8 Å². The molecule has 16 heavy (non-hydrogen) atoms. The van der Waals surface area contributed by atoms with Gasteiger partial charge in [0.15, 0.2) is 0 Å². The van der Waals surface area contributed by atoms with Gasteiger partial charge in [-0.2, -0.15) is 0 Å². The first-order valence-corrected chi connectivity index (χ1v) is 6.16. The van der Waals surface area contributed by atoms with Gasteiger partial charge in [-0.05, 0) is 26.2 Å². The van der Waals surface area contributed by atoms with Crippen molar-refractivity contribution in [2.45, 2.75) is 58.9 Å². The Balaban J connectivity index is 3.37. The molecule has 0 aromatic heterocycles. The first-order valence-electron chi connectivity index (χ1n) is 6.16. The van der Waals surface area contributed by atoms with E-state index in [9.17, 15) is 9.59 Å². The standard InChI is InChI=1S/C12H24N2O2/c1-4-11(15)13-9-7-6-8-10(3)14-12(16)5-2/h10H,4-9H2,1-3H3,(H,13,15)(H,14,16). The second-order valence-electron chi connectivity index (χ2n) is 4.02. The third-order valence-corrected chi connectivity index (χ3v) is 2.44. The van der Waals surface area contributed by atoms with Crippen LogP contribution in [0.1, 0.15) is 52.9 Å². The van der Waals surface area contributed by atoms with Gasteiger partial charge in [-0.3, -0.25) is 9.59 Å². The molecule has 4 heteroatoms. The second kappa shape index (κ2) is 9.19. The lowest BCUT2D eigenvalue weighted by molar-refractivity contribution is -0.121. The van der Waals surface area contributed by atoms with Gasteiger partial charge in [-0.15, -0.1) is 0 Å². The van der Waals surface area contributed by atoms with Gasteiger partial charge in [-0.1, -0.05) is 13.8 Å². The Morgan fingerprint density at radius 2 is 1.69 bits per heavy atom. The van der Waals surface area contributed by atoms with Crippen LogP contribution in [0.2, 0.25) is 0 Å². The highest BCUT2D eigenvalue weighted by atomic mass is 16.2. The van der Waals surface area contributed by atoms with E-state index in [2.05, 4.69) is 10.6 Å². The van der Waals surface area contributed by atoms with Gasteiger partial charge in [0.05, 0.1) is 0 Å². The van der Waals surface area contributed by atoms with Gasteiger partial charge >= 0.3 is 0 Å². The van der Waals surface area contributed by atoms with Crippen molar-refractivity contribution in [3.8, 4) is 0 Å². The number of unbranched alkanes of at least 4 members (excludes halogenated alkanes) is 1. The molecule has 0 saturated heterocycles. The topological polar surface area (TPSA) is 58.2 Å². The van der Waals surface area contributed by atoms with Crippen LogP contribution in [0.15, 0.2) is 0 Å². The van der Waals surface area contributed by atoms with Crippen molar-refractivity contribution < 1.29 is 9.59 Å². The van der Waals surface area contributed by atoms with Crippen LogP contribution in [0, 0.1) is 0 Å². The average Bonchev–Trinajstić information content (AvgIpc) is 2.27. The van der Waals surface area contributed by atoms with E-state index >= 15 is 0 Å². The summed E-state index contributed by atoms with van der Waals surface area (Å²) in [5, 5.41) is 5.75. The zero-order valence-corrected chi connectivity index (χ0v) is 10.6. The number of hydrogen-bond donors (Lipinski definition) is 2. The summed E-state index contributed by atoms with van der Waals surface area (Å²) >= 11 is 0. The minimum atomic E-state index is 0.104. The van der Waals surface area contributed by atoms with Crippen molar-refractivity contribution >= 4 is 11.8 Å². The second-order valence-corrected chi connectivity index (χ2v) is 4.02. The molecule has 1 atom stereocenters. The Morgan fingerprint density at radius 1 is 1.06 bits per heavy atom. The molecule has 2 N–H and O–H groups in total. The maximum atomic E-state index is 11.1. The Kier molecular flexibility index (Phi) is 8.58. The van der Waals surface area contributed by atoms with Gasteiger partial charge < -0.3 is 10.6 Å². The highest BCUT2D eigenvalue weighted by molar-refractivity contribution is 5.75. The SMILES string of the molecule is CCC(=O)NCCCCC(C)NC(=O)CC. The number of hydrogen-bond acceptors (Lipinski definition) is 2. The largest absolute Gasteiger partial charge is 0.356 e. The summed E-state index contributed by atoms with van der Waals surface area (Å²) in [4.78, 5) is 22.0. The number of nitrogens with one attached hydrogen (secondary N) is 2. The molecule has 2 amide bonds. The van der Waals surface area contributed by atoms with E-state index in [-0.39, 0.29) is 17.9 Å². The van der Waals surface area contributed by atoms with E-state index in [0.29, 0.717) is 12.8 Å². The molecule has 0 aliphatic heterocycles. The molecule has 0 aliphatic carbocycles. The van der Waals surface area contributed by atoms with Crippen LogP contribution in [-0.4, -0.2) is 24.4 Å². The number of amides is 2. The smallest absolute Gasteiger partial charge is 0.219 e. The summed E-state index contributed by atoms with van der Waals surface area (Å²) in [6.07, 6.45) is 4.04. The highest BCUT2D eigenvalue weighted by Gasteiger charge is 2.04. The van der Waals surface area contributed by atoms with Crippen LogP contribution in [-0.2, 0) is 9.59 Å². The van der Waals surface area contributed by atoms with Crippen LogP contribution in [0.3, 0.4) is 0 Å². The van der Waals surface area contributed by atoms with Crippen molar-refractivity contribution in [2.24, 2.45) is 0 Å². The molecule has 0 heterocycles. The first kappa shape index (κ1) is 14.9. The molecule has 0 aromatic rings. The monoisotopic (exact) mass is 228 g/mol. The number of rotatable bonds is 8. The van der Waals surface area contributed by atoms with Crippen LogP contribution in [0.25, 0.3) is 0 Å². The summed E-state index contributed by atoms with van der Waals surface area (Å²) in [5.41, 5.74) is 0. The number of carbonyl (C=O) groups excluding carboxylic acids is 2. The fourth-order valence-electron chi connectivity index (χ4n) is 1.38. The van der Waals surface area contributed by atoms with Crippen LogP contribution in [0.4, 0.5) is 0 Å². The number of carbonyl (C=O) groups is 2. The molecule has 0 bridgehead atoms. The maximum absolute atomic E-state index is 11.1. The van der Waals surface area contributed by atoms with E-state index in [4.69, 9.17) is 0 Å². The van der Waals surface area contributed by atoms with E-state index < -0.39 is 0 Å². The molecule has 4 nitrogen and oxygen atoms in total. The van der Waals surface area contributed by atoms with Crippen molar-refractivity contribution in [3.63, 3.8) is 0 Å². The summed E-state index contributed by atoms with van der Waals surface area (Å²) in [6, 6.07) is 0.231. The third kappa shape index (κ3) is 8.26. The Morgan fingerprint density at radius 3 is 2.25 bits per heavy atom. The van der Waals surface area contributed by atoms with Gasteiger partial charge in [0.25, 0.3) is 0 Å². The van der Waals surface area contributed by atoms with Crippen LogP contribution < -0.4 is 10.6 Å². The van der Waals surface area contributed by atoms with Gasteiger partial charge in [0.1, 0.15) is 0 Å².